The summed E-state index contributed by atoms with van der Waals surface area (Å²) in [5.74, 6) is 4.36. The van der Waals surface area contributed by atoms with Gasteiger partial charge in [0.2, 0.25) is 0 Å². The summed E-state index contributed by atoms with van der Waals surface area (Å²) in [5, 5.41) is -0.482. The van der Waals surface area contributed by atoms with E-state index in [2.05, 4.69) is 0 Å². The molecule has 2 N–H and O–H groups in total. The Morgan fingerprint density at radius 2 is 1.82 bits per heavy atom. The van der Waals surface area contributed by atoms with E-state index in [-0.39, 0.29) is 5.69 Å². The molecule has 22 heavy (non-hydrogen) atoms. The highest BCUT2D eigenvalue weighted by Crippen LogP contribution is 2.28. The summed E-state index contributed by atoms with van der Waals surface area (Å²) in [4.78, 5) is 23.3. The zero-order valence-corrected chi connectivity index (χ0v) is 13.2. The van der Waals surface area contributed by atoms with Crippen molar-refractivity contribution < 1.29 is 12.8 Å². The number of halogens is 3. The average molecular weight is 368 g/mol. The molecule has 0 saturated heterocycles. The molecular formula is C11H8Cl2FN3O4S. The van der Waals surface area contributed by atoms with Crippen LogP contribution in [0.3, 0.4) is 0 Å². The highest BCUT2D eigenvalue weighted by Gasteiger charge is 2.21. The van der Waals surface area contributed by atoms with Crippen molar-refractivity contribution in [1.29, 1.82) is 0 Å². The fourth-order valence-corrected chi connectivity index (χ4v) is 3.26. The van der Waals surface area contributed by atoms with Crippen LogP contribution in [0.2, 0.25) is 5.02 Å². The quantitative estimate of drug-likeness (QED) is 0.622. The molecule has 0 atom stereocenters. The van der Waals surface area contributed by atoms with Crippen LogP contribution in [0.25, 0.3) is 5.69 Å². The summed E-state index contributed by atoms with van der Waals surface area (Å²) in [5.41, 5.74) is -2.42. The van der Waals surface area contributed by atoms with Gasteiger partial charge in [-0.25, -0.2) is 26.8 Å². The van der Waals surface area contributed by atoms with Crippen LogP contribution in [-0.2, 0) is 9.05 Å². The number of nitrogens with two attached hydrogens (primary N) is 1. The van der Waals surface area contributed by atoms with Gasteiger partial charge in [0.25, 0.3) is 14.6 Å². The maximum absolute atomic E-state index is 14.0. The molecule has 0 radical (unpaired) electrons. The summed E-state index contributed by atoms with van der Waals surface area (Å²) in [6.07, 6.45) is 0. The number of nitrogens with zero attached hydrogens (tertiary/aromatic N) is 2. The second-order valence-electron chi connectivity index (χ2n) is 4.28. The minimum Gasteiger partial charge on any atom is -0.335 e. The van der Waals surface area contributed by atoms with Crippen LogP contribution >= 0.6 is 22.3 Å². The Labute approximate surface area is 132 Å². The second kappa shape index (κ2) is 5.41. The number of hydrogen-bond donors (Lipinski definition) is 1. The van der Waals surface area contributed by atoms with Crippen molar-refractivity contribution in [1.82, 2.24) is 9.24 Å². The molecule has 2 aromatic rings. The third-order valence-corrected chi connectivity index (χ3v) is 4.62. The predicted molar refractivity (Wildman–Crippen MR) is 79.2 cm³/mol. The summed E-state index contributed by atoms with van der Waals surface area (Å²) in [6, 6.07) is 2.32. The molecule has 0 aliphatic carbocycles. The van der Waals surface area contributed by atoms with Gasteiger partial charge in [-0.1, -0.05) is 11.6 Å². The van der Waals surface area contributed by atoms with Gasteiger partial charge in [-0.05, 0) is 19.1 Å². The van der Waals surface area contributed by atoms with Gasteiger partial charge >= 0.3 is 5.69 Å². The van der Waals surface area contributed by atoms with Crippen molar-refractivity contribution in [2.24, 2.45) is 0 Å². The Kier molecular flexibility index (Phi) is 4.07. The molecule has 1 heterocycles. The first-order chi connectivity index (χ1) is 10.0. The van der Waals surface area contributed by atoms with E-state index in [1.165, 1.54) is 6.92 Å². The van der Waals surface area contributed by atoms with Crippen LogP contribution in [0.1, 0.15) is 5.69 Å². The number of hydrogen-bond acceptors (Lipinski definition) is 5. The summed E-state index contributed by atoms with van der Waals surface area (Å²) < 4.78 is 37.8. The van der Waals surface area contributed by atoms with E-state index in [1.807, 2.05) is 0 Å². The zero-order valence-electron chi connectivity index (χ0n) is 10.9. The molecule has 0 saturated carbocycles. The summed E-state index contributed by atoms with van der Waals surface area (Å²) >= 11 is 5.61. The number of rotatable bonds is 2. The van der Waals surface area contributed by atoms with E-state index >= 15 is 0 Å². The van der Waals surface area contributed by atoms with Gasteiger partial charge in [0, 0.05) is 22.4 Å². The van der Waals surface area contributed by atoms with E-state index in [9.17, 15) is 22.4 Å². The number of aryl methyl sites for hydroxylation is 1. The van der Waals surface area contributed by atoms with Crippen molar-refractivity contribution in [3.8, 4) is 5.69 Å². The van der Waals surface area contributed by atoms with E-state index in [1.54, 1.807) is 0 Å². The first kappa shape index (κ1) is 16.5. The Morgan fingerprint density at radius 1 is 1.23 bits per heavy atom. The van der Waals surface area contributed by atoms with Gasteiger partial charge in [0.05, 0.1) is 10.7 Å². The van der Waals surface area contributed by atoms with Crippen LogP contribution in [0, 0.1) is 12.7 Å². The van der Waals surface area contributed by atoms with Crippen molar-refractivity contribution in [2.45, 2.75) is 11.8 Å². The van der Waals surface area contributed by atoms with Crippen LogP contribution in [-0.4, -0.2) is 17.7 Å². The third-order valence-electron chi connectivity index (χ3n) is 2.84. The molecule has 0 unspecified atom stereocenters. The molecule has 0 amide bonds. The van der Waals surface area contributed by atoms with E-state index < -0.39 is 41.7 Å². The molecule has 0 fully saturated rings. The topological polar surface area (TPSA) is 104 Å². The summed E-state index contributed by atoms with van der Waals surface area (Å²) in [6.45, 7) is 1.40. The second-order valence-corrected chi connectivity index (χ2v) is 7.23. The number of benzene rings is 1. The number of nitrogen functional groups attached to an aromatic ring is 1. The van der Waals surface area contributed by atoms with Crippen molar-refractivity contribution in [2.75, 3.05) is 5.84 Å². The van der Waals surface area contributed by atoms with Gasteiger partial charge in [-0.15, -0.1) is 0 Å². The SMILES string of the molecule is Cc1cc(=O)n(-c2cc(S(=O)(=O)Cl)c(Cl)cc2F)c(=O)n1N. The average Bonchev–Trinajstić information content (AvgIpc) is 2.37. The molecule has 11 heteroatoms. The van der Waals surface area contributed by atoms with Crippen LogP contribution in [0.5, 0.6) is 0 Å². The fraction of sp³-hybridized carbons (Fsp3) is 0.0909. The van der Waals surface area contributed by atoms with Gasteiger partial charge in [0.1, 0.15) is 10.7 Å². The Morgan fingerprint density at radius 3 is 2.36 bits per heavy atom. The van der Waals surface area contributed by atoms with Crippen molar-refractivity contribution in [3.63, 3.8) is 0 Å². The minimum absolute atomic E-state index is 0.144. The minimum atomic E-state index is -4.31. The Bertz CT molecular complexity index is 998. The Balaban J connectivity index is 2.95. The maximum atomic E-state index is 14.0. The smallest absolute Gasteiger partial charge is 0.335 e. The van der Waals surface area contributed by atoms with Crippen molar-refractivity contribution >= 4 is 31.3 Å². The van der Waals surface area contributed by atoms with Gasteiger partial charge in [-0.2, -0.15) is 0 Å². The first-order valence-electron chi connectivity index (χ1n) is 5.59. The molecule has 7 nitrogen and oxygen atoms in total. The molecule has 2 rings (SSSR count). The zero-order chi connectivity index (χ0) is 16.8. The standard InChI is InChI=1S/C11H8Cl2FN3O4S/c1-5-2-10(18)16(11(19)17(5)15)8-4-9(22(13,20)21)6(12)3-7(8)14/h2-4H,15H2,1H3. The molecular weight excluding hydrogens is 360 g/mol. The predicted octanol–water partition coefficient (Wildman–Crippen LogP) is 0.741. The molecule has 1 aromatic carbocycles. The van der Waals surface area contributed by atoms with Crippen molar-refractivity contribution in [3.05, 3.63) is 55.6 Å². The highest BCUT2D eigenvalue weighted by molar-refractivity contribution is 8.13. The lowest BCUT2D eigenvalue weighted by Gasteiger charge is -2.11. The Hall–Kier alpha value is -1.84. The third kappa shape index (κ3) is 2.74. The lowest BCUT2D eigenvalue weighted by Crippen LogP contribution is -2.43. The molecule has 118 valence electrons. The van der Waals surface area contributed by atoms with E-state index in [0.29, 0.717) is 21.4 Å². The number of aromatic nitrogens is 2. The molecule has 0 aliphatic rings. The van der Waals surface area contributed by atoms with Gasteiger partial charge in [-0.3, -0.25) is 4.79 Å². The first-order valence-corrected chi connectivity index (χ1v) is 8.27. The molecule has 0 bridgehead atoms. The molecule has 0 aliphatic heterocycles. The normalized spacial score (nSPS) is 11.6. The lowest BCUT2D eigenvalue weighted by molar-refractivity contribution is 0.600. The van der Waals surface area contributed by atoms with E-state index in [0.717, 1.165) is 6.07 Å². The fourth-order valence-electron chi connectivity index (χ4n) is 1.76. The van der Waals surface area contributed by atoms with Crippen LogP contribution < -0.4 is 17.1 Å². The largest absolute Gasteiger partial charge is 0.354 e. The van der Waals surface area contributed by atoms with Gasteiger partial charge < -0.3 is 5.84 Å². The summed E-state index contributed by atoms with van der Waals surface area (Å²) in [7, 11) is 0.875. The van der Waals surface area contributed by atoms with Gasteiger partial charge in [0.15, 0.2) is 0 Å². The molecule has 0 spiro atoms. The lowest BCUT2D eigenvalue weighted by atomic mass is 10.3. The highest BCUT2D eigenvalue weighted by atomic mass is 35.7. The molecule has 1 aromatic heterocycles. The maximum Gasteiger partial charge on any atom is 0.354 e. The van der Waals surface area contributed by atoms with Crippen LogP contribution in [0.15, 0.2) is 32.7 Å². The monoisotopic (exact) mass is 367 g/mol. The van der Waals surface area contributed by atoms with E-state index in [4.69, 9.17) is 28.1 Å². The van der Waals surface area contributed by atoms with Crippen LogP contribution in [0.4, 0.5) is 4.39 Å².